The van der Waals surface area contributed by atoms with E-state index in [4.69, 9.17) is 27.9 Å². The summed E-state index contributed by atoms with van der Waals surface area (Å²) in [5.41, 5.74) is -0.597. The number of hydrogen-bond donors (Lipinski definition) is 4. The number of hydrogen-bond acceptors (Lipinski definition) is 8. The zero-order chi connectivity index (χ0) is 32.0. The highest BCUT2D eigenvalue weighted by atomic mass is 16.7. The van der Waals surface area contributed by atoms with Crippen LogP contribution in [0.2, 0.25) is 0 Å². The third-order valence-electron chi connectivity index (χ3n) is 4.92. The molecule has 0 unspecified atom stereocenters. The van der Waals surface area contributed by atoms with Crippen LogP contribution in [-0.2, 0) is 11.2 Å². The van der Waals surface area contributed by atoms with Gasteiger partial charge in [0.15, 0.2) is 0 Å². The molecular formula is C23H34N2O7. The molecule has 1 aromatic carbocycles. The van der Waals surface area contributed by atoms with Crippen molar-refractivity contribution in [1.29, 1.82) is 0 Å². The highest BCUT2D eigenvalue weighted by Gasteiger charge is 2.45. The second kappa shape index (κ2) is 10.2. The van der Waals surface area contributed by atoms with Crippen LogP contribution in [0.4, 0.5) is 0 Å². The standard InChI is InChI=1S/C23H34N2O7/c1-12(2)25-14(5)17(10-15-6-8-16(9-7-15)30-13(3)4)22(24-25)32-23-21(29)20(28)19(27)18(11-26)31-23/h6-9,12-13,18-21,23,26-29H,10-11H2,1-5H3/t18-,19-,20+,21-,23+/m1/s1/i1D3,2D3,5D3,13D. The minimum absolute atomic E-state index is 0.264. The smallest absolute Gasteiger partial charge is 0.239 e. The van der Waals surface area contributed by atoms with Gasteiger partial charge in [0.05, 0.1) is 14.1 Å². The predicted octanol–water partition coefficient (Wildman–Crippen LogP) is 1.33. The van der Waals surface area contributed by atoms with E-state index in [9.17, 15) is 20.4 Å². The number of aliphatic hydroxyl groups is 4. The van der Waals surface area contributed by atoms with Gasteiger partial charge >= 0.3 is 0 Å². The van der Waals surface area contributed by atoms with Gasteiger partial charge in [-0.15, -0.1) is 5.10 Å². The third kappa shape index (κ3) is 5.24. The van der Waals surface area contributed by atoms with Crippen molar-refractivity contribution < 1.29 is 48.3 Å². The van der Waals surface area contributed by atoms with Gasteiger partial charge in [-0.3, -0.25) is 4.68 Å². The van der Waals surface area contributed by atoms with Crippen LogP contribution in [0.1, 0.15) is 64.1 Å². The number of aromatic nitrogens is 2. The Hall–Kier alpha value is -2.17. The molecule has 2 heterocycles. The molecule has 1 saturated heterocycles. The lowest BCUT2D eigenvalue weighted by Gasteiger charge is -2.39. The van der Waals surface area contributed by atoms with Crippen LogP contribution in [0.25, 0.3) is 0 Å². The Labute approximate surface area is 202 Å². The Balaban J connectivity index is 2.20. The van der Waals surface area contributed by atoms with E-state index in [1.807, 2.05) is 0 Å². The van der Waals surface area contributed by atoms with Gasteiger partial charge < -0.3 is 34.6 Å². The van der Waals surface area contributed by atoms with Gasteiger partial charge in [0.25, 0.3) is 0 Å². The summed E-state index contributed by atoms with van der Waals surface area (Å²) in [5.74, 6) is -0.287. The molecule has 0 spiro atoms. The zero-order valence-corrected chi connectivity index (χ0v) is 17.6. The first-order chi connectivity index (χ1) is 19.0. The van der Waals surface area contributed by atoms with Crippen molar-refractivity contribution >= 4 is 0 Å². The van der Waals surface area contributed by atoms with E-state index >= 15 is 0 Å². The minimum atomic E-state index is -3.25. The molecule has 32 heavy (non-hydrogen) atoms. The Morgan fingerprint density at radius 2 is 1.88 bits per heavy atom. The molecule has 3 rings (SSSR count). The van der Waals surface area contributed by atoms with Crippen molar-refractivity contribution in [3.8, 4) is 11.6 Å². The van der Waals surface area contributed by atoms with Crippen LogP contribution in [0.5, 0.6) is 11.6 Å². The summed E-state index contributed by atoms with van der Waals surface area (Å²) in [6.07, 6.45) is -10.3. The molecule has 0 bridgehead atoms. The maximum absolute atomic E-state index is 10.5. The van der Waals surface area contributed by atoms with Crippen LogP contribution in [-0.4, -0.2) is 73.6 Å². The highest BCUT2D eigenvalue weighted by molar-refractivity contribution is 5.38. The normalized spacial score (nSPS) is 32.2. The van der Waals surface area contributed by atoms with E-state index in [-0.39, 0.29) is 12.0 Å². The summed E-state index contributed by atoms with van der Waals surface area (Å²) in [6, 6.07) is 3.67. The van der Waals surface area contributed by atoms with Gasteiger partial charge in [-0.1, -0.05) is 12.1 Å². The fraction of sp³-hybridized carbons (Fsp3) is 0.609. The number of nitrogens with zero attached hydrogens (tertiary/aromatic N) is 2. The van der Waals surface area contributed by atoms with E-state index in [0.717, 1.165) is 0 Å². The van der Waals surface area contributed by atoms with E-state index in [2.05, 4.69) is 5.10 Å². The molecule has 9 nitrogen and oxygen atoms in total. The lowest BCUT2D eigenvalue weighted by molar-refractivity contribution is -0.278. The first-order valence-electron chi connectivity index (χ1n) is 14.9. The van der Waals surface area contributed by atoms with Gasteiger partial charge in [0.2, 0.25) is 12.2 Å². The van der Waals surface area contributed by atoms with Gasteiger partial charge in [-0.2, -0.15) is 0 Å². The van der Waals surface area contributed by atoms with Crippen molar-refractivity contribution in [1.82, 2.24) is 9.78 Å². The molecule has 1 aliphatic heterocycles. The molecular weight excluding hydrogens is 416 g/mol. The van der Waals surface area contributed by atoms with Crippen LogP contribution >= 0.6 is 0 Å². The Morgan fingerprint density at radius 1 is 1.16 bits per heavy atom. The fourth-order valence-electron chi connectivity index (χ4n) is 3.28. The molecule has 4 N–H and O–H groups in total. The average molecular weight is 461 g/mol. The molecule has 2 aromatic rings. The SMILES string of the molecule is [2H]C(C)(C)Oc1ccc(Cc2c(O[C@@H]3O[C@H](CO)[C@@H](O)[C@H](O)[C@H]3O)nn(C(C([2H])([2H])[2H])C([2H])([2H])[2H])c2C([2H])([2H])[2H])cc1. The summed E-state index contributed by atoms with van der Waals surface area (Å²) in [5, 5.41) is 44.3. The van der Waals surface area contributed by atoms with Crippen molar-refractivity contribution in [3.05, 3.63) is 41.1 Å². The summed E-state index contributed by atoms with van der Waals surface area (Å²) in [4.78, 5) is 0. The number of benzene rings is 1. The maximum atomic E-state index is 10.5. The van der Waals surface area contributed by atoms with Gasteiger partial charge in [-0.25, -0.2) is 0 Å². The number of aliphatic hydroxyl groups excluding tert-OH is 4. The topological polar surface area (TPSA) is 126 Å². The van der Waals surface area contributed by atoms with E-state index in [1.54, 1.807) is 0 Å². The average Bonchev–Trinajstić information content (AvgIpc) is 3.14. The molecule has 0 amide bonds. The van der Waals surface area contributed by atoms with Crippen LogP contribution in [0.3, 0.4) is 0 Å². The van der Waals surface area contributed by atoms with E-state index < -0.39 is 81.6 Å². The second-order valence-electron chi connectivity index (χ2n) is 7.63. The van der Waals surface area contributed by atoms with Crippen molar-refractivity contribution in [2.75, 3.05) is 6.61 Å². The lowest BCUT2D eigenvalue weighted by Crippen LogP contribution is -2.60. The van der Waals surface area contributed by atoms with Crippen molar-refractivity contribution in [2.45, 2.75) is 83.7 Å². The van der Waals surface area contributed by atoms with E-state index in [0.29, 0.717) is 16.0 Å². The predicted molar refractivity (Wildman–Crippen MR) is 117 cm³/mol. The van der Waals surface area contributed by atoms with Gasteiger partial charge in [0, 0.05) is 36.1 Å². The fourth-order valence-corrected chi connectivity index (χ4v) is 3.28. The summed E-state index contributed by atoms with van der Waals surface area (Å²) >= 11 is 0. The Kier molecular flexibility index (Phi) is 4.51. The Morgan fingerprint density at radius 3 is 2.47 bits per heavy atom. The molecule has 1 fully saturated rings. The second-order valence-corrected chi connectivity index (χ2v) is 7.63. The molecule has 1 aromatic heterocycles. The van der Waals surface area contributed by atoms with Gasteiger partial charge in [-0.05, 0) is 52.1 Å². The molecule has 1 aliphatic rings. The van der Waals surface area contributed by atoms with Crippen LogP contribution < -0.4 is 9.47 Å². The number of rotatable bonds is 8. The molecule has 9 heteroatoms. The molecule has 5 atom stereocenters. The molecule has 178 valence electrons. The molecule has 0 aliphatic carbocycles. The van der Waals surface area contributed by atoms with Crippen LogP contribution in [0.15, 0.2) is 24.3 Å². The third-order valence-corrected chi connectivity index (χ3v) is 4.92. The van der Waals surface area contributed by atoms with E-state index in [1.165, 1.54) is 38.1 Å². The first-order valence-corrected chi connectivity index (χ1v) is 9.91. The first kappa shape index (κ1) is 14.2. The zero-order valence-electron chi connectivity index (χ0n) is 27.6. The molecule has 0 radical (unpaired) electrons. The summed E-state index contributed by atoms with van der Waals surface area (Å²) < 4.78 is 96.4. The molecule has 0 saturated carbocycles. The Bertz CT molecular complexity index is 1190. The van der Waals surface area contributed by atoms with Crippen molar-refractivity contribution in [3.63, 3.8) is 0 Å². The quantitative estimate of drug-likeness (QED) is 0.465. The lowest BCUT2D eigenvalue weighted by atomic mass is 9.99. The summed E-state index contributed by atoms with van der Waals surface area (Å²) in [6.45, 7) is -7.38. The summed E-state index contributed by atoms with van der Waals surface area (Å²) in [7, 11) is 0. The van der Waals surface area contributed by atoms with Crippen molar-refractivity contribution in [2.24, 2.45) is 0 Å². The monoisotopic (exact) mass is 460 g/mol. The largest absolute Gasteiger partial charge is 0.491 e. The van der Waals surface area contributed by atoms with Crippen LogP contribution in [0, 0.1) is 6.85 Å². The minimum Gasteiger partial charge on any atom is -0.491 e. The maximum Gasteiger partial charge on any atom is 0.239 e. The highest BCUT2D eigenvalue weighted by Crippen LogP contribution is 2.31. The van der Waals surface area contributed by atoms with Gasteiger partial charge in [0.1, 0.15) is 30.2 Å². The number of ether oxygens (including phenoxy) is 3.